The normalized spacial score (nSPS) is 11.5. The van der Waals surface area contributed by atoms with Crippen molar-refractivity contribution in [3.63, 3.8) is 0 Å². The van der Waals surface area contributed by atoms with E-state index in [9.17, 15) is 0 Å². The topological polar surface area (TPSA) is 8.17 Å². The number of fused-ring (bicyclic) bond motifs is 8. The van der Waals surface area contributed by atoms with Crippen molar-refractivity contribution < 1.29 is 0 Å². The molecule has 11 aromatic carbocycles. The van der Waals surface area contributed by atoms with Crippen molar-refractivity contribution in [2.24, 2.45) is 0 Å². The summed E-state index contributed by atoms with van der Waals surface area (Å²) in [4.78, 5) is 2.38. The molecular formula is C60H40N2. The monoisotopic (exact) mass is 788 g/mol. The van der Waals surface area contributed by atoms with Crippen molar-refractivity contribution in [1.82, 2.24) is 4.57 Å². The van der Waals surface area contributed by atoms with Crippen molar-refractivity contribution in [1.29, 1.82) is 0 Å². The largest absolute Gasteiger partial charge is 0.310 e. The molecule has 0 saturated carbocycles. The fourth-order valence-electron chi connectivity index (χ4n) is 9.69. The Kier molecular flexibility index (Phi) is 8.53. The summed E-state index contributed by atoms with van der Waals surface area (Å²) in [6, 6.07) is 88.4. The maximum Gasteiger partial charge on any atom is 0.0541 e. The standard InChI is InChI=1S/C60H40N2/c1-2-15-41(16-3-1)45-18-14-19-49(39-45)61(48-37-33-44(34-38-48)56-40-46-30-29-42-17-4-5-21-51(42)60(46)55-25-7-6-22-52(55)56)47-35-31-43(32-36-47)50-20-8-11-26-57(50)62-58-27-12-9-23-53(58)54-24-10-13-28-59(54)62/h1-40H. The predicted octanol–water partition coefficient (Wildman–Crippen LogP) is 16.7. The quantitative estimate of drug-likeness (QED) is 0.146. The van der Waals surface area contributed by atoms with Gasteiger partial charge in [-0.1, -0.05) is 182 Å². The van der Waals surface area contributed by atoms with Gasteiger partial charge < -0.3 is 9.47 Å². The number of rotatable bonds is 7. The summed E-state index contributed by atoms with van der Waals surface area (Å²) < 4.78 is 2.41. The lowest BCUT2D eigenvalue weighted by Gasteiger charge is -2.27. The molecule has 12 rings (SSSR count). The van der Waals surface area contributed by atoms with Crippen molar-refractivity contribution >= 4 is 71.2 Å². The molecule has 0 aliphatic heterocycles. The van der Waals surface area contributed by atoms with Gasteiger partial charge in [-0.25, -0.2) is 0 Å². The molecule has 2 heteroatoms. The van der Waals surface area contributed by atoms with Gasteiger partial charge in [0.1, 0.15) is 0 Å². The molecule has 0 bridgehead atoms. The minimum Gasteiger partial charge on any atom is -0.310 e. The summed E-state index contributed by atoms with van der Waals surface area (Å²) in [6.45, 7) is 0. The first-order valence-corrected chi connectivity index (χ1v) is 21.3. The van der Waals surface area contributed by atoms with Crippen LogP contribution in [0.4, 0.5) is 17.1 Å². The summed E-state index contributed by atoms with van der Waals surface area (Å²) in [6.07, 6.45) is 0. The highest BCUT2D eigenvalue weighted by molar-refractivity contribution is 6.23. The molecule has 0 atom stereocenters. The fourth-order valence-corrected chi connectivity index (χ4v) is 9.69. The Labute approximate surface area is 360 Å². The zero-order valence-electron chi connectivity index (χ0n) is 34.0. The third-order valence-corrected chi connectivity index (χ3v) is 12.6. The molecule has 290 valence electrons. The van der Waals surface area contributed by atoms with Crippen molar-refractivity contribution in [2.75, 3.05) is 4.90 Å². The lowest BCUT2D eigenvalue weighted by Crippen LogP contribution is -2.10. The molecule has 12 aromatic rings. The van der Waals surface area contributed by atoms with Gasteiger partial charge in [-0.3, -0.25) is 0 Å². The van der Waals surface area contributed by atoms with E-state index in [2.05, 4.69) is 252 Å². The third kappa shape index (κ3) is 5.96. The smallest absolute Gasteiger partial charge is 0.0541 e. The van der Waals surface area contributed by atoms with Gasteiger partial charge in [0, 0.05) is 33.4 Å². The molecule has 0 fully saturated rings. The Balaban J connectivity index is 0.976. The van der Waals surface area contributed by atoms with Crippen LogP contribution >= 0.6 is 0 Å². The first-order chi connectivity index (χ1) is 30.8. The van der Waals surface area contributed by atoms with Crippen molar-refractivity contribution in [3.05, 3.63) is 243 Å². The Bertz CT molecular complexity index is 3560. The summed E-state index contributed by atoms with van der Waals surface area (Å²) in [5, 5.41) is 10.2. The number of hydrogen-bond acceptors (Lipinski definition) is 1. The van der Waals surface area contributed by atoms with Gasteiger partial charge in [-0.05, 0) is 121 Å². The van der Waals surface area contributed by atoms with E-state index in [4.69, 9.17) is 0 Å². The zero-order chi connectivity index (χ0) is 41.0. The van der Waals surface area contributed by atoms with E-state index in [0.717, 1.165) is 28.3 Å². The van der Waals surface area contributed by atoms with E-state index in [-0.39, 0.29) is 0 Å². The van der Waals surface area contributed by atoms with Gasteiger partial charge in [0.05, 0.1) is 16.7 Å². The number of para-hydroxylation sites is 3. The minimum atomic E-state index is 1.09. The lowest BCUT2D eigenvalue weighted by molar-refractivity contribution is 1.18. The summed E-state index contributed by atoms with van der Waals surface area (Å²) in [7, 11) is 0. The van der Waals surface area contributed by atoms with E-state index in [0.29, 0.717) is 0 Å². The van der Waals surface area contributed by atoms with Crippen LogP contribution in [0.1, 0.15) is 0 Å². The summed E-state index contributed by atoms with van der Waals surface area (Å²) in [5.41, 5.74) is 14.0. The van der Waals surface area contributed by atoms with Crippen LogP contribution in [0.25, 0.3) is 93.2 Å². The van der Waals surface area contributed by atoms with Crippen molar-refractivity contribution in [2.45, 2.75) is 0 Å². The van der Waals surface area contributed by atoms with E-state index < -0.39 is 0 Å². The number of hydrogen-bond donors (Lipinski definition) is 0. The SMILES string of the molecule is c1ccc(-c2cccc(N(c3ccc(-c4ccccc4-n4c5ccccc5c5ccccc54)cc3)c3ccc(-c4cc5ccc6ccccc6c5c5ccccc45)cc3)c2)cc1. The average Bonchev–Trinajstić information content (AvgIpc) is 3.69. The molecule has 0 amide bonds. The fraction of sp³-hybridized carbons (Fsp3) is 0. The molecule has 1 aromatic heterocycles. The van der Waals surface area contributed by atoms with E-state index in [1.54, 1.807) is 0 Å². The average molecular weight is 789 g/mol. The highest BCUT2D eigenvalue weighted by Crippen LogP contribution is 2.42. The van der Waals surface area contributed by atoms with Gasteiger partial charge in [-0.2, -0.15) is 0 Å². The van der Waals surface area contributed by atoms with E-state index in [1.165, 1.54) is 81.9 Å². The number of nitrogens with zero attached hydrogens (tertiary/aromatic N) is 2. The van der Waals surface area contributed by atoms with Gasteiger partial charge in [0.25, 0.3) is 0 Å². The molecule has 0 N–H and O–H groups in total. The second-order valence-corrected chi connectivity index (χ2v) is 16.1. The Hall–Kier alpha value is -8.20. The summed E-state index contributed by atoms with van der Waals surface area (Å²) in [5.74, 6) is 0. The molecule has 0 aliphatic rings. The lowest BCUT2D eigenvalue weighted by atomic mass is 9.90. The first kappa shape index (κ1) is 35.7. The summed E-state index contributed by atoms with van der Waals surface area (Å²) >= 11 is 0. The van der Waals surface area contributed by atoms with E-state index in [1.807, 2.05) is 0 Å². The highest BCUT2D eigenvalue weighted by Gasteiger charge is 2.18. The molecular weight excluding hydrogens is 749 g/mol. The number of aromatic nitrogens is 1. The second kappa shape index (κ2) is 14.8. The molecule has 2 nitrogen and oxygen atoms in total. The molecule has 0 unspecified atom stereocenters. The maximum atomic E-state index is 2.41. The Morgan fingerprint density at radius 2 is 0.806 bits per heavy atom. The van der Waals surface area contributed by atoms with Crippen LogP contribution < -0.4 is 4.90 Å². The first-order valence-electron chi connectivity index (χ1n) is 21.3. The predicted molar refractivity (Wildman–Crippen MR) is 264 cm³/mol. The molecule has 1 heterocycles. The van der Waals surface area contributed by atoms with E-state index >= 15 is 0 Å². The minimum absolute atomic E-state index is 1.09. The van der Waals surface area contributed by atoms with Gasteiger partial charge in [-0.15, -0.1) is 0 Å². The zero-order valence-corrected chi connectivity index (χ0v) is 34.0. The Morgan fingerprint density at radius 3 is 1.52 bits per heavy atom. The van der Waals surface area contributed by atoms with Crippen molar-refractivity contribution in [3.8, 4) is 39.1 Å². The van der Waals surface area contributed by atoms with Crippen LogP contribution in [-0.2, 0) is 0 Å². The van der Waals surface area contributed by atoms with Gasteiger partial charge >= 0.3 is 0 Å². The van der Waals surface area contributed by atoms with Crippen LogP contribution in [0.3, 0.4) is 0 Å². The third-order valence-electron chi connectivity index (χ3n) is 12.6. The van der Waals surface area contributed by atoms with Crippen LogP contribution in [0, 0.1) is 0 Å². The highest BCUT2D eigenvalue weighted by atomic mass is 15.1. The molecule has 0 radical (unpaired) electrons. The molecule has 0 spiro atoms. The molecule has 62 heavy (non-hydrogen) atoms. The van der Waals surface area contributed by atoms with Gasteiger partial charge in [0.15, 0.2) is 0 Å². The van der Waals surface area contributed by atoms with Crippen LogP contribution in [0.2, 0.25) is 0 Å². The molecule has 0 aliphatic carbocycles. The van der Waals surface area contributed by atoms with Crippen LogP contribution in [0.5, 0.6) is 0 Å². The molecule has 0 saturated heterocycles. The van der Waals surface area contributed by atoms with Crippen LogP contribution in [-0.4, -0.2) is 4.57 Å². The Morgan fingerprint density at radius 1 is 0.274 bits per heavy atom. The number of benzene rings is 11. The number of anilines is 3. The second-order valence-electron chi connectivity index (χ2n) is 16.1. The van der Waals surface area contributed by atoms with Gasteiger partial charge in [0.2, 0.25) is 0 Å². The maximum absolute atomic E-state index is 2.41. The van der Waals surface area contributed by atoms with Crippen LogP contribution in [0.15, 0.2) is 243 Å².